The lowest BCUT2D eigenvalue weighted by Crippen LogP contribution is -2.38. The standard InChI is InChI=1S/C25H27N5O3/c1-28(2)14-6-9-22(31)29-15-16-30-21(17-29)27-23(24(30)25(26)32)18-10-12-20(13-11-18)33-19-7-4-3-5-8-19/h3-13H,14-17H2,1-2H3,(H2,26,32)/b9-6+. The van der Waals surface area contributed by atoms with Crippen LogP contribution in [-0.4, -0.2) is 58.4 Å². The molecule has 3 aromatic rings. The number of hydrogen-bond donors (Lipinski definition) is 1. The zero-order chi connectivity index (χ0) is 23.4. The highest BCUT2D eigenvalue weighted by Crippen LogP contribution is 2.29. The fourth-order valence-corrected chi connectivity index (χ4v) is 3.75. The fraction of sp³-hybridized carbons (Fsp3) is 0.240. The quantitative estimate of drug-likeness (QED) is 0.565. The number of nitrogens with two attached hydrogens (primary N) is 1. The maximum absolute atomic E-state index is 12.6. The molecule has 2 amide bonds. The van der Waals surface area contributed by atoms with Gasteiger partial charge in [-0.15, -0.1) is 0 Å². The van der Waals surface area contributed by atoms with Gasteiger partial charge in [-0.3, -0.25) is 9.59 Å². The number of carbonyl (C=O) groups is 2. The zero-order valence-corrected chi connectivity index (χ0v) is 18.8. The summed E-state index contributed by atoms with van der Waals surface area (Å²) in [5, 5.41) is 0. The van der Waals surface area contributed by atoms with Crippen LogP contribution in [-0.2, 0) is 17.9 Å². The van der Waals surface area contributed by atoms with Crippen LogP contribution in [0.15, 0.2) is 66.7 Å². The Labute approximate surface area is 192 Å². The summed E-state index contributed by atoms with van der Waals surface area (Å²) in [5.74, 6) is 1.44. The van der Waals surface area contributed by atoms with Crippen molar-refractivity contribution in [3.63, 3.8) is 0 Å². The van der Waals surface area contributed by atoms with E-state index in [0.29, 0.717) is 49.1 Å². The number of para-hydroxylation sites is 1. The molecular weight excluding hydrogens is 418 g/mol. The van der Waals surface area contributed by atoms with Crippen molar-refractivity contribution in [2.24, 2.45) is 5.73 Å². The lowest BCUT2D eigenvalue weighted by molar-refractivity contribution is -0.127. The second kappa shape index (κ2) is 9.70. The highest BCUT2D eigenvalue weighted by molar-refractivity contribution is 5.97. The van der Waals surface area contributed by atoms with Crippen LogP contribution in [0, 0.1) is 0 Å². The summed E-state index contributed by atoms with van der Waals surface area (Å²) in [6.45, 7) is 1.95. The molecular formula is C25H27N5O3. The van der Waals surface area contributed by atoms with Crippen molar-refractivity contribution in [3.05, 3.63) is 78.3 Å². The first kappa shape index (κ1) is 22.3. The summed E-state index contributed by atoms with van der Waals surface area (Å²) in [6, 6.07) is 16.9. The van der Waals surface area contributed by atoms with E-state index < -0.39 is 5.91 Å². The van der Waals surface area contributed by atoms with Gasteiger partial charge in [-0.05, 0) is 50.5 Å². The number of carbonyl (C=O) groups excluding carboxylic acids is 2. The van der Waals surface area contributed by atoms with Crippen LogP contribution in [0.5, 0.6) is 11.5 Å². The number of hydrogen-bond acceptors (Lipinski definition) is 5. The van der Waals surface area contributed by atoms with Crippen LogP contribution < -0.4 is 10.5 Å². The minimum atomic E-state index is -0.543. The number of amides is 2. The third-order valence-electron chi connectivity index (χ3n) is 5.36. The highest BCUT2D eigenvalue weighted by Gasteiger charge is 2.28. The normalized spacial score (nSPS) is 13.4. The Morgan fingerprint density at radius 3 is 2.42 bits per heavy atom. The van der Waals surface area contributed by atoms with E-state index in [1.807, 2.05) is 84.2 Å². The average molecular weight is 446 g/mol. The van der Waals surface area contributed by atoms with Gasteiger partial charge >= 0.3 is 0 Å². The van der Waals surface area contributed by atoms with Crippen LogP contribution >= 0.6 is 0 Å². The van der Waals surface area contributed by atoms with Crippen molar-refractivity contribution in [2.75, 3.05) is 27.2 Å². The number of imidazole rings is 1. The van der Waals surface area contributed by atoms with Crippen LogP contribution in [0.1, 0.15) is 16.3 Å². The monoisotopic (exact) mass is 445 g/mol. The second-order valence-corrected chi connectivity index (χ2v) is 8.11. The van der Waals surface area contributed by atoms with Gasteiger partial charge in [0.15, 0.2) is 0 Å². The van der Waals surface area contributed by atoms with E-state index in [0.717, 1.165) is 11.3 Å². The van der Waals surface area contributed by atoms with Gasteiger partial charge in [0, 0.05) is 31.3 Å². The lowest BCUT2D eigenvalue weighted by Gasteiger charge is -2.27. The van der Waals surface area contributed by atoms with Crippen molar-refractivity contribution < 1.29 is 14.3 Å². The summed E-state index contributed by atoms with van der Waals surface area (Å²) in [5.41, 5.74) is 7.35. The number of nitrogens with zero attached hydrogens (tertiary/aromatic N) is 4. The summed E-state index contributed by atoms with van der Waals surface area (Å²) in [7, 11) is 3.89. The minimum absolute atomic E-state index is 0.0734. The van der Waals surface area contributed by atoms with Gasteiger partial charge in [0.05, 0.1) is 6.54 Å². The number of ether oxygens (including phenoxy) is 1. The number of likely N-dealkylation sites (N-methyl/N-ethyl adjacent to an activating group) is 1. The van der Waals surface area contributed by atoms with Crippen LogP contribution in [0.2, 0.25) is 0 Å². The summed E-state index contributed by atoms with van der Waals surface area (Å²) < 4.78 is 7.66. The van der Waals surface area contributed by atoms with Gasteiger partial charge in [0.1, 0.15) is 28.7 Å². The van der Waals surface area contributed by atoms with Gasteiger partial charge in [-0.1, -0.05) is 24.3 Å². The molecule has 0 aliphatic carbocycles. The Bertz CT molecular complexity index is 1170. The largest absolute Gasteiger partial charge is 0.457 e. The molecule has 0 unspecified atom stereocenters. The molecule has 0 atom stereocenters. The van der Waals surface area contributed by atoms with E-state index in [1.54, 1.807) is 11.0 Å². The zero-order valence-electron chi connectivity index (χ0n) is 18.8. The molecule has 8 heteroatoms. The van der Waals surface area contributed by atoms with Crippen molar-refractivity contribution in [1.82, 2.24) is 19.4 Å². The predicted octanol–water partition coefficient (Wildman–Crippen LogP) is 2.90. The van der Waals surface area contributed by atoms with E-state index in [2.05, 4.69) is 0 Å². The van der Waals surface area contributed by atoms with Crippen LogP contribution in [0.4, 0.5) is 0 Å². The second-order valence-electron chi connectivity index (χ2n) is 8.11. The summed E-state index contributed by atoms with van der Waals surface area (Å²) in [4.78, 5) is 33.2. The summed E-state index contributed by atoms with van der Waals surface area (Å²) in [6.07, 6.45) is 3.42. The SMILES string of the molecule is CN(C)C/C=C/C(=O)N1CCn2c(nc(-c3ccc(Oc4ccccc4)cc3)c2C(N)=O)C1. The van der Waals surface area contributed by atoms with Gasteiger partial charge in [-0.2, -0.15) is 0 Å². The highest BCUT2D eigenvalue weighted by atomic mass is 16.5. The van der Waals surface area contributed by atoms with E-state index in [-0.39, 0.29) is 5.91 Å². The number of rotatable bonds is 7. The van der Waals surface area contributed by atoms with Crippen molar-refractivity contribution in [2.45, 2.75) is 13.1 Å². The molecule has 2 N–H and O–H groups in total. The topological polar surface area (TPSA) is 93.7 Å². The van der Waals surface area contributed by atoms with E-state index in [4.69, 9.17) is 15.5 Å². The van der Waals surface area contributed by atoms with Gasteiger partial charge in [-0.25, -0.2) is 4.98 Å². The van der Waals surface area contributed by atoms with Crippen molar-refractivity contribution >= 4 is 11.8 Å². The van der Waals surface area contributed by atoms with E-state index >= 15 is 0 Å². The first-order chi connectivity index (χ1) is 15.9. The molecule has 0 radical (unpaired) electrons. The minimum Gasteiger partial charge on any atom is -0.457 e. The first-order valence-electron chi connectivity index (χ1n) is 10.7. The van der Waals surface area contributed by atoms with Crippen LogP contribution in [0.3, 0.4) is 0 Å². The van der Waals surface area contributed by atoms with Crippen molar-refractivity contribution in [3.8, 4) is 22.8 Å². The molecule has 0 bridgehead atoms. The van der Waals surface area contributed by atoms with Gasteiger partial charge in [0.25, 0.3) is 5.91 Å². The number of primary amides is 1. The third-order valence-corrected chi connectivity index (χ3v) is 5.36. The van der Waals surface area contributed by atoms with E-state index in [1.165, 1.54) is 0 Å². The molecule has 2 heterocycles. The molecule has 0 saturated carbocycles. The molecule has 33 heavy (non-hydrogen) atoms. The van der Waals surface area contributed by atoms with Gasteiger partial charge in [0.2, 0.25) is 5.91 Å². The lowest BCUT2D eigenvalue weighted by atomic mass is 10.1. The molecule has 170 valence electrons. The first-order valence-corrected chi connectivity index (χ1v) is 10.7. The van der Waals surface area contributed by atoms with E-state index in [9.17, 15) is 9.59 Å². The molecule has 8 nitrogen and oxygen atoms in total. The molecule has 1 aromatic heterocycles. The Morgan fingerprint density at radius 1 is 1.06 bits per heavy atom. The van der Waals surface area contributed by atoms with Crippen molar-refractivity contribution in [1.29, 1.82) is 0 Å². The smallest absolute Gasteiger partial charge is 0.267 e. The predicted molar refractivity (Wildman–Crippen MR) is 126 cm³/mol. The molecule has 1 aliphatic heterocycles. The number of benzene rings is 2. The molecule has 2 aromatic carbocycles. The average Bonchev–Trinajstić information content (AvgIpc) is 3.19. The molecule has 4 rings (SSSR count). The molecule has 0 saturated heterocycles. The number of fused-ring (bicyclic) bond motifs is 1. The van der Waals surface area contributed by atoms with Gasteiger partial charge < -0.3 is 24.8 Å². The summed E-state index contributed by atoms with van der Waals surface area (Å²) >= 11 is 0. The maximum Gasteiger partial charge on any atom is 0.267 e. The third kappa shape index (κ3) is 5.12. The number of aromatic nitrogens is 2. The van der Waals surface area contributed by atoms with Crippen LogP contribution in [0.25, 0.3) is 11.3 Å². The fourth-order valence-electron chi connectivity index (χ4n) is 3.75. The molecule has 1 aliphatic rings. The molecule has 0 fully saturated rings. The Hall–Kier alpha value is -3.91. The Morgan fingerprint density at radius 2 is 1.76 bits per heavy atom. The Balaban J connectivity index is 1.56. The molecule has 0 spiro atoms. The maximum atomic E-state index is 12.6. The Kier molecular flexibility index (Phi) is 6.55.